The Morgan fingerprint density at radius 3 is 2.74 bits per heavy atom. The summed E-state index contributed by atoms with van der Waals surface area (Å²) >= 11 is 0. The number of carbonyl (C=O) groups excluding carboxylic acids is 1. The summed E-state index contributed by atoms with van der Waals surface area (Å²) in [5.74, 6) is -1.19. The molecule has 1 aromatic rings. The number of aromatic nitrogens is 2. The highest BCUT2D eigenvalue weighted by Gasteiger charge is 2.16. The summed E-state index contributed by atoms with van der Waals surface area (Å²) in [5, 5.41) is 15.5. The number of hydrogen-bond donors (Lipinski definition) is 2. The normalized spacial score (nSPS) is 12.1. The lowest BCUT2D eigenvalue weighted by Crippen LogP contribution is -2.31. The van der Waals surface area contributed by atoms with Crippen molar-refractivity contribution in [3.8, 4) is 0 Å². The van der Waals surface area contributed by atoms with Crippen LogP contribution in [0.15, 0.2) is 12.4 Å². The lowest BCUT2D eigenvalue weighted by atomic mass is 10.2. The van der Waals surface area contributed by atoms with Crippen molar-refractivity contribution in [2.24, 2.45) is 0 Å². The van der Waals surface area contributed by atoms with Crippen LogP contribution in [-0.2, 0) is 4.79 Å². The van der Waals surface area contributed by atoms with E-state index >= 15 is 0 Å². The molecular formula is C13H21N3O3. The van der Waals surface area contributed by atoms with E-state index in [1.54, 1.807) is 6.92 Å². The van der Waals surface area contributed by atoms with Gasteiger partial charge >= 0.3 is 5.97 Å². The molecule has 0 saturated carbocycles. The number of nitrogens with zero attached hydrogens (tertiary/aromatic N) is 2. The molecule has 0 aliphatic carbocycles. The van der Waals surface area contributed by atoms with Crippen LogP contribution in [0.1, 0.15) is 55.9 Å². The van der Waals surface area contributed by atoms with Gasteiger partial charge in [-0.2, -0.15) is 5.10 Å². The smallest absolute Gasteiger partial charge is 0.338 e. The van der Waals surface area contributed by atoms with Gasteiger partial charge in [0.2, 0.25) is 5.91 Å². The van der Waals surface area contributed by atoms with E-state index in [2.05, 4.69) is 17.3 Å². The predicted octanol–water partition coefficient (Wildman–Crippen LogP) is 1.84. The van der Waals surface area contributed by atoms with Gasteiger partial charge in [0.15, 0.2) is 0 Å². The third-order valence-electron chi connectivity index (χ3n) is 2.95. The Labute approximate surface area is 112 Å². The van der Waals surface area contributed by atoms with Crippen molar-refractivity contribution in [1.29, 1.82) is 0 Å². The highest BCUT2D eigenvalue weighted by molar-refractivity contribution is 5.87. The van der Waals surface area contributed by atoms with E-state index in [0.29, 0.717) is 6.54 Å². The van der Waals surface area contributed by atoms with Crippen molar-refractivity contribution in [1.82, 2.24) is 15.1 Å². The van der Waals surface area contributed by atoms with Crippen LogP contribution in [0.4, 0.5) is 0 Å². The Balaban J connectivity index is 2.40. The number of rotatable bonds is 8. The third kappa shape index (κ3) is 4.73. The number of hydrogen-bond acceptors (Lipinski definition) is 3. The summed E-state index contributed by atoms with van der Waals surface area (Å²) in [4.78, 5) is 22.6. The summed E-state index contributed by atoms with van der Waals surface area (Å²) in [7, 11) is 0. The molecule has 0 bridgehead atoms. The van der Waals surface area contributed by atoms with E-state index in [4.69, 9.17) is 5.11 Å². The second-order valence-electron chi connectivity index (χ2n) is 4.54. The second kappa shape index (κ2) is 7.56. The fraction of sp³-hybridized carbons (Fsp3) is 0.615. The second-order valence-corrected chi connectivity index (χ2v) is 4.54. The molecule has 1 rings (SSSR count). The monoisotopic (exact) mass is 267 g/mol. The first-order valence-corrected chi connectivity index (χ1v) is 6.61. The first kappa shape index (κ1) is 15.2. The molecule has 1 unspecified atom stereocenters. The van der Waals surface area contributed by atoms with Gasteiger partial charge in [0.25, 0.3) is 0 Å². The molecule has 6 nitrogen and oxygen atoms in total. The first-order chi connectivity index (χ1) is 9.06. The van der Waals surface area contributed by atoms with Gasteiger partial charge in [-0.15, -0.1) is 0 Å². The standard InChI is InChI=1S/C13H21N3O3/c1-3-4-5-6-7-14-12(17)10(2)16-9-11(8-15-16)13(18)19/h8-10H,3-7H2,1-2H3,(H,14,17)(H,18,19). The quantitative estimate of drug-likeness (QED) is 0.704. The lowest BCUT2D eigenvalue weighted by molar-refractivity contribution is -0.124. The van der Waals surface area contributed by atoms with Gasteiger partial charge in [0.1, 0.15) is 6.04 Å². The molecule has 0 radical (unpaired) electrons. The van der Waals surface area contributed by atoms with E-state index in [1.165, 1.54) is 23.5 Å². The summed E-state index contributed by atoms with van der Waals surface area (Å²) < 4.78 is 1.37. The van der Waals surface area contributed by atoms with Gasteiger partial charge in [-0.25, -0.2) is 4.79 Å². The van der Waals surface area contributed by atoms with Crippen LogP contribution in [0.25, 0.3) is 0 Å². The van der Waals surface area contributed by atoms with Crippen molar-refractivity contribution in [3.05, 3.63) is 18.0 Å². The van der Waals surface area contributed by atoms with Gasteiger partial charge in [-0.1, -0.05) is 26.2 Å². The maximum Gasteiger partial charge on any atom is 0.338 e. The molecule has 19 heavy (non-hydrogen) atoms. The number of amides is 1. The van der Waals surface area contributed by atoms with Crippen LogP contribution in [0.5, 0.6) is 0 Å². The SMILES string of the molecule is CCCCCCNC(=O)C(C)n1cc(C(=O)O)cn1. The molecule has 2 N–H and O–H groups in total. The van der Waals surface area contributed by atoms with E-state index in [-0.39, 0.29) is 11.5 Å². The summed E-state index contributed by atoms with van der Waals surface area (Å²) in [6.45, 7) is 4.48. The number of carboxylic acid groups (broad SMARTS) is 1. The Morgan fingerprint density at radius 1 is 1.42 bits per heavy atom. The predicted molar refractivity (Wildman–Crippen MR) is 71.0 cm³/mol. The maximum absolute atomic E-state index is 11.8. The number of carbonyl (C=O) groups is 2. The molecule has 0 aliphatic heterocycles. The van der Waals surface area contributed by atoms with E-state index in [1.807, 2.05) is 0 Å². The zero-order valence-electron chi connectivity index (χ0n) is 11.4. The molecule has 1 heterocycles. The topological polar surface area (TPSA) is 84.2 Å². The average Bonchev–Trinajstić information content (AvgIpc) is 2.87. The minimum absolute atomic E-state index is 0.0857. The number of aromatic carboxylic acids is 1. The lowest BCUT2D eigenvalue weighted by Gasteiger charge is -2.12. The highest BCUT2D eigenvalue weighted by Crippen LogP contribution is 2.07. The van der Waals surface area contributed by atoms with Crippen molar-refractivity contribution in [2.75, 3.05) is 6.54 Å². The Hall–Kier alpha value is -1.85. The van der Waals surface area contributed by atoms with Crippen LogP contribution in [-0.4, -0.2) is 33.3 Å². The Morgan fingerprint density at radius 2 is 2.16 bits per heavy atom. The Kier molecular flexibility index (Phi) is 6.05. The van der Waals surface area contributed by atoms with Gasteiger partial charge < -0.3 is 10.4 Å². The highest BCUT2D eigenvalue weighted by atomic mass is 16.4. The summed E-state index contributed by atoms with van der Waals surface area (Å²) in [6, 6.07) is -0.501. The largest absolute Gasteiger partial charge is 0.478 e. The van der Waals surface area contributed by atoms with Crippen LogP contribution in [0.2, 0.25) is 0 Å². The molecule has 0 spiro atoms. The first-order valence-electron chi connectivity index (χ1n) is 6.61. The van der Waals surface area contributed by atoms with Crippen molar-refractivity contribution in [3.63, 3.8) is 0 Å². The van der Waals surface area contributed by atoms with E-state index in [9.17, 15) is 9.59 Å². The van der Waals surface area contributed by atoms with Gasteiger partial charge in [-0.05, 0) is 13.3 Å². The maximum atomic E-state index is 11.8. The molecule has 1 atom stereocenters. The molecule has 0 aromatic carbocycles. The molecule has 0 saturated heterocycles. The molecule has 0 fully saturated rings. The van der Waals surface area contributed by atoms with Crippen molar-refractivity contribution >= 4 is 11.9 Å². The van der Waals surface area contributed by atoms with Crippen molar-refractivity contribution < 1.29 is 14.7 Å². The molecule has 1 aromatic heterocycles. The minimum atomic E-state index is -1.04. The fourth-order valence-corrected chi connectivity index (χ4v) is 1.69. The number of carboxylic acids is 1. The Bertz CT molecular complexity index is 429. The summed E-state index contributed by atoms with van der Waals surface area (Å²) in [6.07, 6.45) is 7.01. The van der Waals surface area contributed by atoms with Crippen molar-refractivity contribution in [2.45, 2.75) is 45.6 Å². The molecular weight excluding hydrogens is 246 g/mol. The van der Waals surface area contributed by atoms with E-state index in [0.717, 1.165) is 19.3 Å². The van der Waals surface area contributed by atoms with Crippen LogP contribution < -0.4 is 5.32 Å². The van der Waals surface area contributed by atoms with Crippen LogP contribution in [0, 0.1) is 0 Å². The molecule has 0 aliphatic rings. The average molecular weight is 267 g/mol. The minimum Gasteiger partial charge on any atom is -0.478 e. The molecule has 1 amide bonds. The van der Waals surface area contributed by atoms with Gasteiger partial charge in [0.05, 0.1) is 11.8 Å². The fourth-order valence-electron chi connectivity index (χ4n) is 1.69. The zero-order chi connectivity index (χ0) is 14.3. The van der Waals surface area contributed by atoms with Crippen LogP contribution in [0.3, 0.4) is 0 Å². The molecule has 106 valence electrons. The summed E-state index contributed by atoms with van der Waals surface area (Å²) in [5.41, 5.74) is 0.0857. The van der Waals surface area contributed by atoms with Crippen LogP contribution >= 0.6 is 0 Å². The third-order valence-corrected chi connectivity index (χ3v) is 2.95. The zero-order valence-corrected chi connectivity index (χ0v) is 11.4. The molecule has 6 heteroatoms. The van der Waals surface area contributed by atoms with Gasteiger partial charge in [-0.3, -0.25) is 9.48 Å². The van der Waals surface area contributed by atoms with E-state index < -0.39 is 12.0 Å². The van der Waals surface area contributed by atoms with Gasteiger partial charge in [0, 0.05) is 12.7 Å². The number of unbranched alkanes of at least 4 members (excludes halogenated alkanes) is 3. The number of nitrogens with one attached hydrogen (secondary N) is 1.